The molecule has 0 radical (unpaired) electrons. The zero-order chi connectivity index (χ0) is 7.56. The van der Waals surface area contributed by atoms with Crippen LogP contribution in [0.25, 0.3) is 0 Å². The van der Waals surface area contributed by atoms with Crippen molar-refractivity contribution in [3.8, 4) is 0 Å². The van der Waals surface area contributed by atoms with E-state index in [0.717, 1.165) is 19.3 Å². The number of carbonyl (C=O) groups excluding carboxylic acids is 1. The standard InChI is InChI=1S/C7H13NO2/c1-6-4-2-3-5-8(6)7(9)10/h6H,2-5H2,1H3,(H,9,10)/p-1. The number of rotatable bonds is 0. The first-order valence-corrected chi connectivity index (χ1v) is 3.69. The summed E-state index contributed by atoms with van der Waals surface area (Å²) in [6.45, 7) is 2.58. The molecule has 1 rings (SSSR count). The van der Waals surface area contributed by atoms with Crippen LogP contribution in [0.3, 0.4) is 0 Å². The smallest absolute Gasteiger partial charge is 0.137 e. The van der Waals surface area contributed by atoms with Gasteiger partial charge in [-0.3, -0.25) is 0 Å². The third kappa shape index (κ3) is 1.40. The summed E-state index contributed by atoms with van der Waals surface area (Å²) in [6, 6.07) is 0.166. The second-order valence-corrected chi connectivity index (χ2v) is 2.80. The van der Waals surface area contributed by atoms with Crippen molar-refractivity contribution in [1.82, 2.24) is 4.90 Å². The molecule has 1 aliphatic heterocycles. The molecule has 0 aromatic rings. The molecule has 58 valence electrons. The molecule has 1 aliphatic rings. The molecule has 0 aromatic heterocycles. The minimum atomic E-state index is -1.02. The van der Waals surface area contributed by atoms with Crippen LogP contribution in [-0.2, 0) is 0 Å². The molecule has 0 spiro atoms. The van der Waals surface area contributed by atoms with Crippen LogP contribution in [0, 0.1) is 0 Å². The Morgan fingerprint density at radius 1 is 1.60 bits per heavy atom. The van der Waals surface area contributed by atoms with E-state index in [-0.39, 0.29) is 6.04 Å². The van der Waals surface area contributed by atoms with Gasteiger partial charge in [-0.05, 0) is 26.2 Å². The number of amides is 1. The van der Waals surface area contributed by atoms with Crippen molar-refractivity contribution < 1.29 is 9.90 Å². The predicted octanol–water partition coefficient (Wildman–Crippen LogP) is 0.204. The molecule has 3 nitrogen and oxygen atoms in total. The van der Waals surface area contributed by atoms with Crippen molar-refractivity contribution in [3.05, 3.63) is 0 Å². The number of carbonyl (C=O) groups is 1. The van der Waals surface area contributed by atoms with Crippen LogP contribution in [-0.4, -0.2) is 23.6 Å². The van der Waals surface area contributed by atoms with E-state index in [1.165, 1.54) is 4.90 Å². The van der Waals surface area contributed by atoms with Crippen molar-refractivity contribution in [2.24, 2.45) is 0 Å². The molecule has 1 amide bonds. The summed E-state index contributed by atoms with van der Waals surface area (Å²) in [4.78, 5) is 11.8. The highest BCUT2D eigenvalue weighted by Gasteiger charge is 2.16. The highest BCUT2D eigenvalue weighted by Crippen LogP contribution is 2.14. The average Bonchev–Trinajstić information content (AvgIpc) is 1.88. The average molecular weight is 142 g/mol. The summed E-state index contributed by atoms with van der Waals surface area (Å²) in [7, 11) is 0. The van der Waals surface area contributed by atoms with E-state index in [1.54, 1.807) is 0 Å². The Balaban J connectivity index is 2.47. The molecule has 0 N–H and O–H groups in total. The maximum atomic E-state index is 10.4. The molecule has 10 heavy (non-hydrogen) atoms. The van der Waals surface area contributed by atoms with Gasteiger partial charge in [0, 0.05) is 12.6 Å². The molecule has 3 heteroatoms. The number of hydrogen-bond donors (Lipinski definition) is 0. The normalized spacial score (nSPS) is 26.5. The Bertz CT molecular complexity index is 136. The monoisotopic (exact) mass is 142 g/mol. The van der Waals surface area contributed by atoms with E-state index in [9.17, 15) is 9.90 Å². The quantitative estimate of drug-likeness (QED) is 0.485. The Hall–Kier alpha value is -0.730. The first kappa shape index (κ1) is 7.38. The first-order chi connectivity index (χ1) is 4.72. The Labute approximate surface area is 60.6 Å². The van der Waals surface area contributed by atoms with Gasteiger partial charge >= 0.3 is 0 Å². The van der Waals surface area contributed by atoms with Crippen LogP contribution >= 0.6 is 0 Å². The minimum Gasteiger partial charge on any atom is -0.530 e. The molecule has 1 atom stereocenters. The molecule has 1 heterocycles. The van der Waals surface area contributed by atoms with Crippen LogP contribution in [0.4, 0.5) is 4.79 Å². The van der Waals surface area contributed by atoms with Crippen LogP contribution < -0.4 is 5.11 Å². The Kier molecular flexibility index (Phi) is 2.14. The summed E-state index contributed by atoms with van der Waals surface area (Å²) in [5, 5.41) is 10.4. The van der Waals surface area contributed by atoms with Gasteiger partial charge in [0.05, 0.1) is 0 Å². The zero-order valence-corrected chi connectivity index (χ0v) is 6.17. The van der Waals surface area contributed by atoms with E-state index < -0.39 is 6.09 Å². The van der Waals surface area contributed by atoms with E-state index in [1.807, 2.05) is 6.92 Å². The fourth-order valence-corrected chi connectivity index (χ4v) is 1.37. The van der Waals surface area contributed by atoms with Crippen LogP contribution in [0.5, 0.6) is 0 Å². The first-order valence-electron chi connectivity index (χ1n) is 3.69. The molecule has 1 unspecified atom stereocenters. The largest absolute Gasteiger partial charge is 0.530 e. The lowest BCUT2D eigenvalue weighted by molar-refractivity contribution is -0.268. The fraction of sp³-hybridized carbons (Fsp3) is 0.857. The van der Waals surface area contributed by atoms with Gasteiger partial charge in [0.15, 0.2) is 0 Å². The molecule has 0 aliphatic carbocycles. The summed E-state index contributed by atoms with van der Waals surface area (Å²) < 4.78 is 0. The van der Waals surface area contributed by atoms with Gasteiger partial charge in [-0.15, -0.1) is 0 Å². The number of nitrogens with zero attached hydrogens (tertiary/aromatic N) is 1. The lowest BCUT2D eigenvalue weighted by Crippen LogP contribution is -2.48. The Morgan fingerprint density at radius 2 is 2.30 bits per heavy atom. The minimum absolute atomic E-state index is 0.166. The second-order valence-electron chi connectivity index (χ2n) is 2.80. The van der Waals surface area contributed by atoms with Crippen molar-refractivity contribution >= 4 is 6.09 Å². The van der Waals surface area contributed by atoms with Gasteiger partial charge in [0.25, 0.3) is 0 Å². The van der Waals surface area contributed by atoms with Gasteiger partial charge in [-0.25, -0.2) is 0 Å². The van der Waals surface area contributed by atoms with E-state index in [2.05, 4.69) is 0 Å². The third-order valence-electron chi connectivity index (χ3n) is 2.04. The van der Waals surface area contributed by atoms with Crippen LogP contribution in [0.15, 0.2) is 0 Å². The van der Waals surface area contributed by atoms with Gasteiger partial charge in [0.2, 0.25) is 0 Å². The number of likely N-dealkylation sites (tertiary alicyclic amines) is 1. The van der Waals surface area contributed by atoms with Gasteiger partial charge in [0.1, 0.15) is 6.09 Å². The summed E-state index contributed by atoms with van der Waals surface area (Å²) in [6.07, 6.45) is 2.09. The summed E-state index contributed by atoms with van der Waals surface area (Å²) in [5.41, 5.74) is 0. The van der Waals surface area contributed by atoms with Crippen molar-refractivity contribution in [2.45, 2.75) is 32.2 Å². The summed E-state index contributed by atoms with van der Waals surface area (Å²) >= 11 is 0. The molecule has 0 bridgehead atoms. The van der Waals surface area contributed by atoms with Crippen LogP contribution in [0.2, 0.25) is 0 Å². The molecule has 1 fully saturated rings. The summed E-state index contributed by atoms with van der Waals surface area (Å²) in [5.74, 6) is 0. The van der Waals surface area contributed by atoms with E-state index in [0.29, 0.717) is 6.54 Å². The van der Waals surface area contributed by atoms with Crippen molar-refractivity contribution in [1.29, 1.82) is 0 Å². The third-order valence-corrected chi connectivity index (χ3v) is 2.04. The number of carboxylic acid groups (broad SMARTS) is 1. The lowest BCUT2D eigenvalue weighted by atomic mass is 10.0. The SMILES string of the molecule is CC1CCCCN1C(=O)[O-]. The highest BCUT2D eigenvalue weighted by atomic mass is 16.4. The highest BCUT2D eigenvalue weighted by molar-refractivity contribution is 5.62. The number of piperidine rings is 1. The fourth-order valence-electron chi connectivity index (χ4n) is 1.37. The van der Waals surface area contributed by atoms with Crippen LogP contribution in [0.1, 0.15) is 26.2 Å². The molecular weight excluding hydrogens is 130 g/mol. The molecule has 0 saturated carbocycles. The Morgan fingerprint density at radius 3 is 2.70 bits per heavy atom. The van der Waals surface area contributed by atoms with Crippen molar-refractivity contribution in [2.75, 3.05) is 6.54 Å². The zero-order valence-electron chi connectivity index (χ0n) is 6.17. The number of hydrogen-bond acceptors (Lipinski definition) is 2. The van der Waals surface area contributed by atoms with Gasteiger partial charge in [-0.1, -0.05) is 0 Å². The van der Waals surface area contributed by atoms with Gasteiger partial charge < -0.3 is 14.8 Å². The molecular formula is C7H12NO2-. The topological polar surface area (TPSA) is 43.4 Å². The second kappa shape index (κ2) is 2.90. The van der Waals surface area contributed by atoms with Crippen molar-refractivity contribution in [3.63, 3.8) is 0 Å². The van der Waals surface area contributed by atoms with E-state index in [4.69, 9.17) is 0 Å². The van der Waals surface area contributed by atoms with Gasteiger partial charge in [-0.2, -0.15) is 0 Å². The lowest BCUT2D eigenvalue weighted by Gasteiger charge is -2.35. The molecule has 0 aromatic carbocycles. The predicted molar refractivity (Wildman–Crippen MR) is 35.4 cm³/mol. The van der Waals surface area contributed by atoms with E-state index >= 15 is 0 Å². The molecule has 1 saturated heterocycles. The maximum absolute atomic E-state index is 10.4. The maximum Gasteiger partial charge on any atom is 0.137 e.